The molecule has 1 fully saturated rings. The standard InChI is InChI=1S/C28H25Cl2NO3/c29-24-8-6-20(16-25(24)30)27(18-4-2-1-3-5-18)19-10-12-31(13-11-19)28(33)21-7-9-26-22(14-21)15-23(32)17-34-26/h1-9,14,16,19,27H,10-13,15,17H2. The minimum atomic E-state index is 0.00470. The Labute approximate surface area is 209 Å². The molecular formula is C28H25Cl2NO3. The highest BCUT2D eigenvalue weighted by Crippen LogP contribution is 2.40. The number of amides is 1. The first kappa shape index (κ1) is 22.9. The largest absolute Gasteiger partial charge is 0.486 e. The number of carbonyl (C=O) groups is 2. The van der Waals surface area contributed by atoms with Gasteiger partial charge in [-0.1, -0.05) is 59.6 Å². The highest BCUT2D eigenvalue weighted by molar-refractivity contribution is 6.42. The van der Waals surface area contributed by atoms with Crippen molar-refractivity contribution in [1.82, 2.24) is 4.90 Å². The Morgan fingerprint density at radius 1 is 0.912 bits per heavy atom. The minimum Gasteiger partial charge on any atom is -0.486 e. The number of ether oxygens (including phenoxy) is 1. The molecular weight excluding hydrogens is 469 g/mol. The van der Waals surface area contributed by atoms with Crippen molar-refractivity contribution in [1.29, 1.82) is 0 Å². The SMILES string of the molecule is O=C1COc2ccc(C(=O)N3CCC(C(c4ccccc4)c4ccc(Cl)c(Cl)c4)CC3)cc2C1. The van der Waals surface area contributed by atoms with Gasteiger partial charge >= 0.3 is 0 Å². The monoisotopic (exact) mass is 493 g/mol. The van der Waals surface area contributed by atoms with Crippen molar-refractivity contribution in [3.8, 4) is 5.75 Å². The third-order valence-electron chi connectivity index (χ3n) is 6.84. The second-order valence-electron chi connectivity index (χ2n) is 9.02. The fourth-order valence-electron chi connectivity index (χ4n) is 5.13. The van der Waals surface area contributed by atoms with Crippen LogP contribution in [0, 0.1) is 5.92 Å². The second kappa shape index (κ2) is 9.81. The van der Waals surface area contributed by atoms with Crippen LogP contribution in [-0.2, 0) is 11.2 Å². The topological polar surface area (TPSA) is 46.6 Å². The molecule has 0 aromatic heterocycles. The fourth-order valence-corrected chi connectivity index (χ4v) is 5.44. The lowest BCUT2D eigenvalue weighted by Crippen LogP contribution is -2.40. The number of hydrogen-bond acceptors (Lipinski definition) is 3. The van der Waals surface area contributed by atoms with E-state index in [2.05, 4.69) is 30.3 Å². The molecule has 1 saturated heterocycles. The van der Waals surface area contributed by atoms with Crippen LogP contribution in [-0.4, -0.2) is 36.3 Å². The van der Waals surface area contributed by atoms with E-state index in [1.54, 1.807) is 12.1 Å². The van der Waals surface area contributed by atoms with E-state index in [4.69, 9.17) is 27.9 Å². The number of carbonyl (C=O) groups excluding carboxylic acids is 2. The maximum atomic E-state index is 13.2. The van der Waals surface area contributed by atoms with Crippen molar-refractivity contribution in [3.05, 3.63) is 99.0 Å². The molecule has 4 nitrogen and oxygen atoms in total. The van der Waals surface area contributed by atoms with Crippen LogP contribution in [0.3, 0.4) is 0 Å². The van der Waals surface area contributed by atoms with Gasteiger partial charge < -0.3 is 9.64 Å². The van der Waals surface area contributed by atoms with Crippen LogP contribution in [0.2, 0.25) is 10.0 Å². The molecule has 0 N–H and O–H groups in total. The molecule has 0 saturated carbocycles. The van der Waals surface area contributed by atoms with E-state index in [9.17, 15) is 9.59 Å². The van der Waals surface area contributed by atoms with E-state index in [1.807, 2.05) is 29.2 Å². The van der Waals surface area contributed by atoms with Crippen molar-refractivity contribution in [2.24, 2.45) is 5.92 Å². The summed E-state index contributed by atoms with van der Waals surface area (Å²) in [6.07, 6.45) is 2.09. The summed E-state index contributed by atoms with van der Waals surface area (Å²) in [5, 5.41) is 1.11. The summed E-state index contributed by atoms with van der Waals surface area (Å²) in [6, 6.07) is 21.7. The molecule has 0 spiro atoms. The highest BCUT2D eigenvalue weighted by atomic mass is 35.5. The Bertz CT molecular complexity index is 1220. The molecule has 0 aliphatic carbocycles. The number of rotatable bonds is 4. The predicted octanol–water partition coefficient (Wildman–Crippen LogP) is 6.18. The van der Waals surface area contributed by atoms with Gasteiger partial charge in [0.05, 0.1) is 10.0 Å². The van der Waals surface area contributed by atoms with Crippen LogP contribution in [0.25, 0.3) is 0 Å². The molecule has 1 atom stereocenters. The van der Waals surface area contributed by atoms with Gasteiger partial charge in [0.15, 0.2) is 5.78 Å². The lowest BCUT2D eigenvalue weighted by atomic mass is 9.76. The summed E-state index contributed by atoms with van der Waals surface area (Å²) >= 11 is 12.5. The number of ketones is 1. The predicted molar refractivity (Wildman–Crippen MR) is 134 cm³/mol. The zero-order chi connectivity index (χ0) is 23.7. The first-order valence-electron chi connectivity index (χ1n) is 11.6. The number of fused-ring (bicyclic) bond motifs is 1. The van der Waals surface area contributed by atoms with Crippen LogP contribution >= 0.6 is 23.2 Å². The average molecular weight is 494 g/mol. The van der Waals surface area contributed by atoms with E-state index in [-0.39, 0.29) is 24.2 Å². The molecule has 34 heavy (non-hydrogen) atoms. The minimum absolute atomic E-state index is 0.00470. The molecule has 174 valence electrons. The molecule has 2 aliphatic heterocycles. The van der Waals surface area contributed by atoms with E-state index in [0.29, 0.717) is 46.8 Å². The summed E-state index contributed by atoms with van der Waals surface area (Å²) in [7, 11) is 0. The molecule has 0 bridgehead atoms. The van der Waals surface area contributed by atoms with E-state index in [1.165, 1.54) is 5.56 Å². The van der Waals surface area contributed by atoms with Gasteiger partial charge in [0.1, 0.15) is 12.4 Å². The first-order valence-corrected chi connectivity index (χ1v) is 12.3. The number of hydrogen-bond donors (Lipinski definition) is 0. The normalized spacial score (nSPS) is 17.1. The molecule has 0 radical (unpaired) electrons. The van der Waals surface area contributed by atoms with Gasteiger partial charge in [0.2, 0.25) is 0 Å². The Morgan fingerprint density at radius 3 is 2.41 bits per heavy atom. The molecule has 1 unspecified atom stereocenters. The Hall–Kier alpha value is -2.82. The van der Waals surface area contributed by atoms with E-state index in [0.717, 1.165) is 24.0 Å². The summed E-state index contributed by atoms with van der Waals surface area (Å²) in [6.45, 7) is 1.47. The van der Waals surface area contributed by atoms with Gasteiger partial charge in [-0.25, -0.2) is 0 Å². The molecule has 5 rings (SSSR count). The van der Waals surface area contributed by atoms with Gasteiger partial charge in [-0.15, -0.1) is 0 Å². The third-order valence-corrected chi connectivity index (χ3v) is 7.58. The summed E-state index contributed by atoms with van der Waals surface area (Å²) in [5.74, 6) is 1.29. The first-order chi connectivity index (χ1) is 16.5. The van der Waals surface area contributed by atoms with E-state index >= 15 is 0 Å². The number of nitrogens with zero attached hydrogens (tertiary/aromatic N) is 1. The maximum absolute atomic E-state index is 13.2. The van der Waals surface area contributed by atoms with Crippen LogP contribution in [0.15, 0.2) is 66.7 Å². The smallest absolute Gasteiger partial charge is 0.253 e. The molecule has 2 heterocycles. The number of likely N-dealkylation sites (tertiary alicyclic amines) is 1. The van der Waals surface area contributed by atoms with Crippen LogP contribution in [0.1, 0.15) is 45.8 Å². The molecule has 1 amide bonds. The van der Waals surface area contributed by atoms with Crippen LogP contribution in [0.5, 0.6) is 5.75 Å². The summed E-state index contributed by atoms with van der Waals surface area (Å²) < 4.78 is 5.46. The third kappa shape index (κ3) is 4.70. The number of benzene rings is 3. The maximum Gasteiger partial charge on any atom is 0.253 e. The van der Waals surface area contributed by atoms with Gasteiger partial charge in [-0.3, -0.25) is 9.59 Å². The van der Waals surface area contributed by atoms with Crippen LogP contribution in [0.4, 0.5) is 0 Å². The molecule has 2 aliphatic rings. The number of piperidine rings is 1. The van der Waals surface area contributed by atoms with Gasteiger partial charge in [-0.05, 0) is 60.2 Å². The zero-order valence-corrected chi connectivity index (χ0v) is 20.2. The van der Waals surface area contributed by atoms with Gasteiger partial charge in [0, 0.05) is 36.6 Å². The van der Waals surface area contributed by atoms with E-state index < -0.39 is 0 Å². The van der Waals surface area contributed by atoms with Gasteiger partial charge in [0.25, 0.3) is 5.91 Å². The fraction of sp³-hybridized carbons (Fsp3) is 0.286. The van der Waals surface area contributed by atoms with Crippen molar-refractivity contribution < 1.29 is 14.3 Å². The average Bonchev–Trinajstić information content (AvgIpc) is 2.86. The molecule has 6 heteroatoms. The quantitative estimate of drug-likeness (QED) is 0.435. The highest BCUT2D eigenvalue weighted by Gasteiger charge is 2.31. The Balaban J connectivity index is 1.33. The van der Waals surface area contributed by atoms with Crippen LogP contribution < -0.4 is 4.74 Å². The molecule has 3 aromatic rings. The Morgan fingerprint density at radius 2 is 1.68 bits per heavy atom. The van der Waals surface area contributed by atoms with Crippen molar-refractivity contribution in [3.63, 3.8) is 0 Å². The van der Waals surface area contributed by atoms with Crippen molar-refractivity contribution in [2.75, 3.05) is 19.7 Å². The summed E-state index contributed by atoms with van der Waals surface area (Å²) in [4.78, 5) is 26.9. The molecule has 3 aromatic carbocycles. The Kier molecular flexibility index (Phi) is 6.62. The van der Waals surface area contributed by atoms with Crippen molar-refractivity contribution >= 4 is 34.9 Å². The lowest BCUT2D eigenvalue weighted by Gasteiger charge is -2.37. The van der Waals surface area contributed by atoms with Gasteiger partial charge in [-0.2, -0.15) is 0 Å². The van der Waals surface area contributed by atoms with Crippen molar-refractivity contribution in [2.45, 2.75) is 25.2 Å². The summed E-state index contributed by atoms with van der Waals surface area (Å²) in [5.41, 5.74) is 3.79. The lowest BCUT2D eigenvalue weighted by molar-refractivity contribution is -0.121. The number of halogens is 2. The second-order valence-corrected chi connectivity index (χ2v) is 9.83. The zero-order valence-electron chi connectivity index (χ0n) is 18.7. The number of Topliss-reactive ketones (excluding diaryl/α,β-unsaturated/α-hetero) is 1.